The van der Waals surface area contributed by atoms with E-state index in [1.807, 2.05) is 41.9 Å². The number of rotatable bonds is 5. The molecular formula is C18H25N3O. The predicted molar refractivity (Wildman–Crippen MR) is 88.0 cm³/mol. The molecule has 0 amide bonds. The number of benzene rings is 1. The molecular weight excluding hydrogens is 274 g/mol. The Bertz CT molecular complexity index is 600. The Morgan fingerprint density at radius 3 is 2.64 bits per heavy atom. The van der Waals surface area contributed by atoms with Crippen LogP contribution in [0.15, 0.2) is 36.5 Å². The summed E-state index contributed by atoms with van der Waals surface area (Å²) < 4.78 is 1.92. The summed E-state index contributed by atoms with van der Waals surface area (Å²) in [6, 6.07) is 10.1. The van der Waals surface area contributed by atoms with E-state index in [0.717, 1.165) is 43.6 Å². The fourth-order valence-corrected chi connectivity index (χ4v) is 3.20. The molecule has 1 heterocycles. The van der Waals surface area contributed by atoms with Crippen molar-refractivity contribution in [3.8, 4) is 5.69 Å². The highest BCUT2D eigenvalue weighted by Crippen LogP contribution is 2.27. The fraction of sp³-hybridized carbons (Fsp3) is 0.500. The number of nitrogens with zero attached hydrogens (tertiary/aromatic N) is 2. The van der Waals surface area contributed by atoms with Crippen LogP contribution in [0.3, 0.4) is 0 Å². The van der Waals surface area contributed by atoms with E-state index in [1.54, 1.807) is 0 Å². The first-order valence-corrected chi connectivity index (χ1v) is 8.20. The second kappa shape index (κ2) is 6.63. The molecule has 0 unspecified atom stereocenters. The summed E-state index contributed by atoms with van der Waals surface area (Å²) in [6.07, 6.45) is 7.45. The van der Waals surface area contributed by atoms with Crippen molar-refractivity contribution in [1.82, 2.24) is 15.1 Å². The van der Waals surface area contributed by atoms with Crippen molar-refractivity contribution in [2.24, 2.45) is 0 Å². The Balaban J connectivity index is 1.60. The molecule has 4 nitrogen and oxygen atoms in total. The molecule has 0 radical (unpaired) electrons. The normalized spacial score (nSPS) is 17.5. The van der Waals surface area contributed by atoms with E-state index in [9.17, 15) is 5.11 Å². The Labute approximate surface area is 132 Å². The lowest BCUT2D eigenvalue weighted by molar-refractivity contribution is 0.00466. The molecule has 1 aromatic carbocycles. The highest BCUT2D eigenvalue weighted by molar-refractivity contribution is 5.32. The summed E-state index contributed by atoms with van der Waals surface area (Å²) in [5, 5.41) is 18.5. The first kappa shape index (κ1) is 15.3. The Kier molecular flexibility index (Phi) is 4.60. The number of nitrogens with one attached hydrogen (secondary N) is 1. The number of aromatic nitrogens is 2. The van der Waals surface area contributed by atoms with Crippen LogP contribution in [0, 0.1) is 6.92 Å². The highest BCUT2D eigenvalue weighted by atomic mass is 16.3. The van der Waals surface area contributed by atoms with Gasteiger partial charge in [-0.15, -0.1) is 0 Å². The Morgan fingerprint density at radius 2 is 1.91 bits per heavy atom. The minimum atomic E-state index is -0.512. The van der Waals surface area contributed by atoms with E-state index < -0.39 is 5.60 Å². The molecule has 3 rings (SSSR count). The standard InChI is InChI=1S/C18H25N3O/c1-15-16(12-19-14-18(22)10-6-3-7-11-18)13-21(20-15)17-8-4-2-5-9-17/h2,4-5,8-9,13,19,22H,3,6-7,10-12,14H2,1H3. The molecule has 0 bridgehead atoms. The SMILES string of the molecule is Cc1nn(-c2ccccc2)cc1CNCC1(O)CCCCC1. The van der Waals surface area contributed by atoms with Gasteiger partial charge < -0.3 is 10.4 Å². The van der Waals surface area contributed by atoms with Crippen molar-refractivity contribution in [3.63, 3.8) is 0 Å². The lowest BCUT2D eigenvalue weighted by Gasteiger charge is -2.32. The zero-order valence-electron chi connectivity index (χ0n) is 13.3. The van der Waals surface area contributed by atoms with Gasteiger partial charge in [0.1, 0.15) is 0 Å². The molecule has 1 aromatic heterocycles. The molecule has 2 N–H and O–H groups in total. The van der Waals surface area contributed by atoms with Crippen LogP contribution in [0.4, 0.5) is 0 Å². The summed E-state index contributed by atoms with van der Waals surface area (Å²) in [5.41, 5.74) is 2.78. The maximum atomic E-state index is 10.5. The van der Waals surface area contributed by atoms with E-state index in [2.05, 4.69) is 16.6 Å². The van der Waals surface area contributed by atoms with Gasteiger partial charge in [0.2, 0.25) is 0 Å². The van der Waals surface area contributed by atoms with Crippen molar-refractivity contribution in [1.29, 1.82) is 0 Å². The van der Waals surface area contributed by atoms with Gasteiger partial charge in [-0.3, -0.25) is 0 Å². The number of aliphatic hydroxyl groups is 1. The summed E-state index contributed by atoms with van der Waals surface area (Å²) in [6.45, 7) is 3.45. The van der Waals surface area contributed by atoms with Crippen LogP contribution in [-0.4, -0.2) is 27.0 Å². The summed E-state index contributed by atoms with van der Waals surface area (Å²) in [7, 11) is 0. The molecule has 2 aromatic rings. The largest absolute Gasteiger partial charge is 0.389 e. The maximum absolute atomic E-state index is 10.5. The van der Waals surface area contributed by atoms with Crippen LogP contribution >= 0.6 is 0 Å². The van der Waals surface area contributed by atoms with Crippen molar-refractivity contribution < 1.29 is 5.11 Å². The first-order valence-electron chi connectivity index (χ1n) is 8.20. The van der Waals surface area contributed by atoms with Gasteiger partial charge in [-0.05, 0) is 31.9 Å². The van der Waals surface area contributed by atoms with Crippen LogP contribution in [0.5, 0.6) is 0 Å². The second-order valence-electron chi connectivity index (χ2n) is 6.41. The minimum absolute atomic E-state index is 0.512. The number of hydrogen-bond acceptors (Lipinski definition) is 3. The zero-order valence-corrected chi connectivity index (χ0v) is 13.3. The summed E-state index contributed by atoms with van der Waals surface area (Å²) in [4.78, 5) is 0. The van der Waals surface area contributed by atoms with Gasteiger partial charge in [-0.2, -0.15) is 5.10 Å². The molecule has 0 saturated heterocycles. The van der Waals surface area contributed by atoms with Crippen molar-refractivity contribution in [2.75, 3.05) is 6.54 Å². The van der Waals surface area contributed by atoms with Crippen LogP contribution < -0.4 is 5.32 Å². The second-order valence-corrected chi connectivity index (χ2v) is 6.41. The van der Waals surface area contributed by atoms with Gasteiger partial charge in [-0.25, -0.2) is 4.68 Å². The monoisotopic (exact) mass is 299 g/mol. The van der Waals surface area contributed by atoms with Gasteiger partial charge in [0.15, 0.2) is 0 Å². The molecule has 118 valence electrons. The third-order valence-corrected chi connectivity index (χ3v) is 4.58. The molecule has 1 aliphatic rings. The van der Waals surface area contributed by atoms with E-state index in [0.29, 0.717) is 6.54 Å². The van der Waals surface area contributed by atoms with E-state index in [1.165, 1.54) is 12.0 Å². The Morgan fingerprint density at radius 1 is 1.18 bits per heavy atom. The highest BCUT2D eigenvalue weighted by Gasteiger charge is 2.28. The van der Waals surface area contributed by atoms with Gasteiger partial charge in [-0.1, -0.05) is 37.5 Å². The van der Waals surface area contributed by atoms with Gasteiger partial charge >= 0.3 is 0 Å². The van der Waals surface area contributed by atoms with Crippen molar-refractivity contribution in [3.05, 3.63) is 47.8 Å². The topological polar surface area (TPSA) is 50.1 Å². The van der Waals surface area contributed by atoms with Crippen LogP contribution in [0.1, 0.15) is 43.4 Å². The summed E-state index contributed by atoms with van der Waals surface area (Å²) in [5.74, 6) is 0. The molecule has 0 aliphatic heterocycles. The lowest BCUT2D eigenvalue weighted by atomic mass is 9.85. The van der Waals surface area contributed by atoms with Crippen LogP contribution in [-0.2, 0) is 6.54 Å². The van der Waals surface area contributed by atoms with Gasteiger partial charge in [0, 0.05) is 24.8 Å². The predicted octanol–water partition coefficient (Wildman–Crippen LogP) is 2.97. The van der Waals surface area contributed by atoms with E-state index in [-0.39, 0.29) is 0 Å². The minimum Gasteiger partial charge on any atom is -0.389 e. The molecule has 0 spiro atoms. The fourth-order valence-electron chi connectivity index (χ4n) is 3.20. The molecule has 0 atom stereocenters. The third kappa shape index (κ3) is 3.57. The average Bonchev–Trinajstić information content (AvgIpc) is 2.90. The molecule has 1 saturated carbocycles. The molecule has 4 heteroatoms. The summed E-state index contributed by atoms with van der Waals surface area (Å²) >= 11 is 0. The average molecular weight is 299 g/mol. The molecule has 1 aliphatic carbocycles. The molecule has 22 heavy (non-hydrogen) atoms. The first-order chi connectivity index (χ1) is 10.7. The van der Waals surface area contributed by atoms with Crippen LogP contribution in [0.2, 0.25) is 0 Å². The van der Waals surface area contributed by atoms with Crippen molar-refractivity contribution in [2.45, 2.75) is 51.2 Å². The zero-order chi connectivity index (χ0) is 15.4. The number of para-hydroxylation sites is 1. The molecule has 1 fully saturated rings. The van der Waals surface area contributed by atoms with Crippen molar-refractivity contribution >= 4 is 0 Å². The lowest BCUT2D eigenvalue weighted by Crippen LogP contribution is -2.41. The smallest absolute Gasteiger partial charge is 0.0771 e. The Hall–Kier alpha value is -1.65. The van der Waals surface area contributed by atoms with E-state index in [4.69, 9.17) is 0 Å². The van der Waals surface area contributed by atoms with Gasteiger partial charge in [0.05, 0.1) is 17.0 Å². The van der Waals surface area contributed by atoms with Gasteiger partial charge in [0.25, 0.3) is 0 Å². The third-order valence-electron chi connectivity index (χ3n) is 4.58. The number of aryl methyl sites for hydroxylation is 1. The van der Waals surface area contributed by atoms with Crippen LogP contribution in [0.25, 0.3) is 5.69 Å². The quantitative estimate of drug-likeness (QED) is 0.892. The maximum Gasteiger partial charge on any atom is 0.0771 e. The number of hydrogen-bond donors (Lipinski definition) is 2. The van der Waals surface area contributed by atoms with E-state index >= 15 is 0 Å².